The highest BCUT2D eigenvalue weighted by Gasteiger charge is 2.19. The predicted molar refractivity (Wildman–Crippen MR) is 48.8 cm³/mol. The molecule has 0 aliphatic carbocycles. The second-order valence-corrected chi connectivity index (χ2v) is 2.67. The van der Waals surface area contributed by atoms with Crippen LogP contribution in [-0.2, 0) is 6.61 Å². The SMILES string of the molecule is O=[N+]([O-])c1ccc(CO)c(B(O)O)c1. The summed E-state index contributed by atoms with van der Waals surface area (Å²) in [4.78, 5) is 9.71. The Hall–Kier alpha value is -1.44. The minimum Gasteiger partial charge on any atom is -0.423 e. The zero-order chi connectivity index (χ0) is 10.7. The molecule has 14 heavy (non-hydrogen) atoms. The molecule has 1 rings (SSSR count). The summed E-state index contributed by atoms with van der Waals surface area (Å²) in [5.74, 6) is 0. The third kappa shape index (κ3) is 2.08. The molecule has 3 N–H and O–H groups in total. The molecule has 1 aromatic rings. The number of nitrogens with zero attached hydrogens (tertiary/aromatic N) is 1. The fraction of sp³-hybridized carbons (Fsp3) is 0.143. The van der Waals surface area contributed by atoms with Gasteiger partial charge in [0.15, 0.2) is 0 Å². The Labute approximate surface area is 79.7 Å². The number of aliphatic hydroxyl groups excluding tert-OH is 1. The molecule has 0 aliphatic heterocycles. The van der Waals surface area contributed by atoms with Crippen molar-refractivity contribution in [3.8, 4) is 0 Å². The molecule has 0 saturated heterocycles. The molecule has 74 valence electrons. The monoisotopic (exact) mass is 197 g/mol. The van der Waals surface area contributed by atoms with Crippen LogP contribution in [0.1, 0.15) is 5.56 Å². The zero-order valence-corrected chi connectivity index (χ0v) is 7.12. The van der Waals surface area contributed by atoms with Gasteiger partial charge in [0, 0.05) is 12.1 Å². The number of hydrogen-bond acceptors (Lipinski definition) is 5. The molecule has 0 aromatic heterocycles. The van der Waals surface area contributed by atoms with E-state index in [9.17, 15) is 10.1 Å². The maximum Gasteiger partial charge on any atom is 0.489 e. The van der Waals surface area contributed by atoms with Gasteiger partial charge in [-0.1, -0.05) is 6.07 Å². The number of rotatable bonds is 3. The summed E-state index contributed by atoms with van der Waals surface area (Å²) in [6, 6.07) is 3.50. The number of benzene rings is 1. The van der Waals surface area contributed by atoms with Crippen molar-refractivity contribution in [1.29, 1.82) is 0 Å². The van der Waals surface area contributed by atoms with Crippen molar-refractivity contribution in [3.63, 3.8) is 0 Å². The summed E-state index contributed by atoms with van der Waals surface area (Å²) >= 11 is 0. The first kappa shape index (κ1) is 10.6. The third-order valence-corrected chi connectivity index (χ3v) is 1.79. The number of nitro groups is 1. The largest absolute Gasteiger partial charge is 0.489 e. The molecule has 0 heterocycles. The summed E-state index contributed by atoms with van der Waals surface area (Å²) in [5.41, 5.74) is -0.0439. The van der Waals surface area contributed by atoms with E-state index < -0.39 is 18.6 Å². The second kappa shape index (κ2) is 4.18. The van der Waals surface area contributed by atoms with Crippen LogP contribution in [0.4, 0.5) is 5.69 Å². The standard InChI is InChI=1S/C7H8BNO5/c10-4-5-1-2-6(9(13)14)3-7(5)8(11)12/h1-3,10-12H,4H2. The van der Waals surface area contributed by atoms with Crippen LogP contribution in [0.5, 0.6) is 0 Å². The van der Waals surface area contributed by atoms with Gasteiger partial charge in [-0.15, -0.1) is 0 Å². The van der Waals surface area contributed by atoms with Gasteiger partial charge in [0.2, 0.25) is 0 Å². The molecular weight excluding hydrogens is 189 g/mol. The van der Waals surface area contributed by atoms with Gasteiger partial charge < -0.3 is 15.2 Å². The fourth-order valence-corrected chi connectivity index (χ4v) is 1.08. The van der Waals surface area contributed by atoms with Crippen LogP contribution in [0.15, 0.2) is 18.2 Å². The molecule has 0 unspecified atom stereocenters. The van der Waals surface area contributed by atoms with Gasteiger partial charge in [0.05, 0.1) is 11.5 Å². The predicted octanol–water partition coefficient (Wildman–Crippen LogP) is -1.23. The summed E-state index contributed by atoms with van der Waals surface area (Å²) in [6.45, 7) is -0.398. The van der Waals surface area contributed by atoms with Crippen molar-refractivity contribution >= 4 is 18.3 Å². The highest BCUT2D eigenvalue weighted by atomic mass is 16.6. The van der Waals surface area contributed by atoms with Crippen LogP contribution < -0.4 is 5.46 Å². The van der Waals surface area contributed by atoms with Gasteiger partial charge in [-0.3, -0.25) is 10.1 Å². The highest BCUT2D eigenvalue weighted by Crippen LogP contribution is 2.10. The van der Waals surface area contributed by atoms with Gasteiger partial charge in [-0.05, 0) is 11.0 Å². The Morgan fingerprint density at radius 1 is 1.43 bits per heavy atom. The van der Waals surface area contributed by atoms with Gasteiger partial charge in [-0.2, -0.15) is 0 Å². The van der Waals surface area contributed by atoms with E-state index in [1.807, 2.05) is 0 Å². The minimum atomic E-state index is -1.82. The lowest BCUT2D eigenvalue weighted by Crippen LogP contribution is -2.33. The van der Waals surface area contributed by atoms with Crippen LogP contribution in [0.25, 0.3) is 0 Å². The first-order chi connectivity index (χ1) is 6.56. The number of hydrogen-bond donors (Lipinski definition) is 3. The van der Waals surface area contributed by atoms with Gasteiger partial charge in [-0.25, -0.2) is 0 Å². The quantitative estimate of drug-likeness (QED) is 0.319. The number of aliphatic hydroxyl groups is 1. The lowest BCUT2D eigenvalue weighted by Gasteiger charge is -2.05. The van der Waals surface area contributed by atoms with E-state index in [-0.39, 0.29) is 16.7 Å². The maximum absolute atomic E-state index is 10.4. The Morgan fingerprint density at radius 3 is 2.50 bits per heavy atom. The molecule has 6 nitrogen and oxygen atoms in total. The van der Waals surface area contributed by atoms with E-state index in [1.165, 1.54) is 12.1 Å². The molecule has 7 heteroatoms. The van der Waals surface area contributed by atoms with E-state index in [1.54, 1.807) is 0 Å². The van der Waals surface area contributed by atoms with Crippen LogP contribution >= 0.6 is 0 Å². The first-order valence-corrected chi connectivity index (χ1v) is 3.80. The minimum absolute atomic E-state index is 0.0540. The first-order valence-electron chi connectivity index (χ1n) is 3.80. The summed E-state index contributed by atoms with van der Waals surface area (Å²) in [6.07, 6.45) is 0. The molecular formula is C7H8BNO5. The normalized spacial score (nSPS) is 9.93. The maximum atomic E-state index is 10.4. The van der Waals surface area contributed by atoms with E-state index >= 15 is 0 Å². The molecule has 0 amide bonds. The molecule has 0 spiro atoms. The van der Waals surface area contributed by atoms with Gasteiger partial charge in [0.1, 0.15) is 0 Å². The number of nitro benzene ring substituents is 1. The molecule has 0 atom stereocenters. The smallest absolute Gasteiger partial charge is 0.423 e. The van der Waals surface area contributed by atoms with Gasteiger partial charge in [0.25, 0.3) is 5.69 Å². The zero-order valence-electron chi connectivity index (χ0n) is 7.12. The highest BCUT2D eigenvalue weighted by molar-refractivity contribution is 6.59. The molecule has 0 bridgehead atoms. The van der Waals surface area contributed by atoms with Crippen molar-refractivity contribution in [2.45, 2.75) is 6.61 Å². The summed E-state index contributed by atoms with van der Waals surface area (Å²) < 4.78 is 0. The molecule has 1 aromatic carbocycles. The summed E-state index contributed by atoms with van der Waals surface area (Å²) in [5, 5.41) is 36.9. The topological polar surface area (TPSA) is 104 Å². The average Bonchev–Trinajstić information content (AvgIpc) is 2.16. The van der Waals surface area contributed by atoms with E-state index in [0.717, 1.165) is 6.07 Å². The lowest BCUT2D eigenvalue weighted by atomic mass is 9.77. The second-order valence-electron chi connectivity index (χ2n) is 2.67. The van der Waals surface area contributed by atoms with Crippen molar-refractivity contribution in [3.05, 3.63) is 33.9 Å². The number of non-ortho nitro benzene ring substituents is 1. The van der Waals surface area contributed by atoms with Crippen molar-refractivity contribution in [2.75, 3.05) is 0 Å². The summed E-state index contributed by atoms with van der Waals surface area (Å²) in [7, 11) is -1.82. The van der Waals surface area contributed by atoms with Gasteiger partial charge >= 0.3 is 7.12 Å². The Kier molecular flexibility index (Phi) is 3.18. The molecule has 0 radical (unpaired) electrons. The van der Waals surface area contributed by atoms with Crippen molar-refractivity contribution in [2.24, 2.45) is 0 Å². The fourth-order valence-electron chi connectivity index (χ4n) is 1.08. The van der Waals surface area contributed by atoms with Crippen molar-refractivity contribution < 1.29 is 20.1 Å². The van der Waals surface area contributed by atoms with E-state index in [4.69, 9.17) is 15.2 Å². The average molecular weight is 197 g/mol. The van der Waals surface area contributed by atoms with E-state index in [0.29, 0.717) is 0 Å². The third-order valence-electron chi connectivity index (χ3n) is 1.79. The van der Waals surface area contributed by atoms with Crippen LogP contribution in [0.2, 0.25) is 0 Å². The molecule has 0 fully saturated rings. The van der Waals surface area contributed by atoms with Crippen LogP contribution in [0.3, 0.4) is 0 Å². The van der Waals surface area contributed by atoms with Crippen LogP contribution in [0, 0.1) is 10.1 Å². The Morgan fingerprint density at radius 2 is 2.07 bits per heavy atom. The van der Waals surface area contributed by atoms with Crippen LogP contribution in [-0.4, -0.2) is 27.2 Å². The van der Waals surface area contributed by atoms with Crippen molar-refractivity contribution in [1.82, 2.24) is 0 Å². The lowest BCUT2D eigenvalue weighted by molar-refractivity contribution is -0.384. The Bertz CT molecular complexity index is 354. The Balaban J connectivity index is 3.20. The van der Waals surface area contributed by atoms with E-state index in [2.05, 4.69) is 0 Å². The molecule has 0 saturated carbocycles. The molecule has 0 aliphatic rings.